The number of aromatic nitrogens is 1. The molecule has 0 bridgehead atoms. The van der Waals surface area contributed by atoms with Crippen molar-refractivity contribution in [3.05, 3.63) is 39.3 Å². The monoisotopic (exact) mass is 341 g/mol. The average molecular weight is 342 g/mol. The summed E-state index contributed by atoms with van der Waals surface area (Å²) in [5, 5.41) is 13.3. The molecule has 1 aromatic heterocycles. The van der Waals surface area contributed by atoms with Gasteiger partial charge in [-0.15, -0.1) is 11.3 Å². The molecule has 0 aliphatic heterocycles. The molecule has 0 radical (unpaired) electrons. The number of carboxylic acid groups (broad SMARTS) is 1. The zero-order chi connectivity index (χ0) is 14.0. The summed E-state index contributed by atoms with van der Waals surface area (Å²) in [4.78, 5) is 26.6. The standard InChI is InChI=1S/C11H8BrN3O3S/c12-6-2-1-5(10(17)18)3-7(6)14-9(16)8-4-19-11(13)15-8/h1-4H,(H2,13,15)(H,14,16)(H,17,18). The van der Waals surface area contributed by atoms with Gasteiger partial charge in [0, 0.05) is 9.85 Å². The van der Waals surface area contributed by atoms with Crippen LogP contribution in [0, 0.1) is 0 Å². The van der Waals surface area contributed by atoms with Crippen LogP contribution in [0.25, 0.3) is 0 Å². The molecule has 0 aliphatic carbocycles. The fraction of sp³-hybridized carbons (Fsp3) is 0. The van der Waals surface area contributed by atoms with Gasteiger partial charge in [0.15, 0.2) is 5.13 Å². The first-order valence-electron chi connectivity index (χ1n) is 5.02. The molecule has 6 nitrogen and oxygen atoms in total. The van der Waals surface area contributed by atoms with Crippen molar-refractivity contribution >= 4 is 50.0 Å². The summed E-state index contributed by atoms with van der Waals surface area (Å²) in [6.07, 6.45) is 0. The summed E-state index contributed by atoms with van der Waals surface area (Å²) in [5.74, 6) is -1.52. The molecule has 0 saturated heterocycles. The predicted molar refractivity (Wildman–Crippen MR) is 75.6 cm³/mol. The minimum Gasteiger partial charge on any atom is -0.478 e. The van der Waals surface area contributed by atoms with Gasteiger partial charge in [-0.1, -0.05) is 0 Å². The van der Waals surface area contributed by atoms with Gasteiger partial charge in [0.05, 0.1) is 11.3 Å². The van der Waals surface area contributed by atoms with Crippen LogP contribution >= 0.6 is 27.3 Å². The predicted octanol–water partition coefficient (Wildman–Crippen LogP) is 2.44. The van der Waals surface area contributed by atoms with Gasteiger partial charge in [-0.05, 0) is 34.1 Å². The van der Waals surface area contributed by atoms with Gasteiger partial charge in [0.2, 0.25) is 0 Å². The fourth-order valence-corrected chi connectivity index (χ4v) is 2.22. The summed E-state index contributed by atoms with van der Waals surface area (Å²) in [6.45, 7) is 0. The van der Waals surface area contributed by atoms with Gasteiger partial charge in [-0.25, -0.2) is 9.78 Å². The van der Waals surface area contributed by atoms with Crippen molar-refractivity contribution in [1.29, 1.82) is 0 Å². The number of rotatable bonds is 3. The Kier molecular flexibility index (Phi) is 3.82. The molecule has 8 heteroatoms. The highest BCUT2D eigenvalue weighted by Crippen LogP contribution is 2.24. The zero-order valence-corrected chi connectivity index (χ0v) is 11.8. The molecule has 1 aromatic carbocycles. The quantitative estimate of drug-likeness (QED) is 0.795. The van der Waals surface area contributed by atoms with Crippen LogP contribution in [-0.4, -0.2) is 22.0 Å². The topological polar surface area (TPSA) is 105 Å². The number of benzene rings is 1. The second kappa shape index (κ2) is 5.37. The van der Waals surface area contributed by atoms with Gasteiger partial charge in [0.25, 0.3) is 5.91 Å². The van der Waals surface area contributed by atoms with E-state index in [0.29, 0.717) is 15.3 Å². The maximum absolute atomic E-state index is 11.9. The van der Waals surface area contributed by atoms with E-state index in [1.165, 1.54) is 17.5 Å². The number of nitrogens with zero attached hydrogens (tertiary/aromatic N) is 1. The summed E-state index contributed by atoms with van der Waals surface area (Å²) >= 11 is 4.39. The first kappa shape index (κ1) is 13.5. The Bertz CT molecular complexity index is 656. The SMILES string of the molecule is Nc1nc(C(=O)Nc2cc(C(=O)O)ccc2Br)cs1. The number of nitrogens with one attached hydrogen (secondary N) is 1. The number of hydrogen-bond donors (Lipinski definition) is 3. The number of aromatic carboxylic acids is 1. The first-order chi connectivity index (χ1) is 8.97. The Morgan fingerprint density at radius 3 is 2.74 bits per heavy atom. The molecule has 0 saturated carbocycles. The number of nitrogens with two attached hydrogens (primary N) is 1. The van der Waals surface area contributed by atoms with Gasteiger partial charge >= 0.3 is 5.97 Å². The molecule has 0 aliphatic rings. The highest BCUT2D eigenvalue weighted by Gasteiger charge is 2.13. The molecule has 2 rings (SSSR count). The first-order valence-corrected chi connectivity index (χ1v) is 6.70. The molecule has 19 heavy (non-hydrogen) atoms. The normalized spacial score (nSPS) is 10.2. The van der Waals surface area contributed by atoms with E-state index in [2.05, 4.69) is 26.2 Å². The summed E-state index contributed by atoms with van der Waals surface area (Å²) in [7, 11) is 0. The van der Waals surface area contributed by atoms with Crippen LogP contribution in [0.2, 0.25) is 0 Å². The van der Waals surface area contributed by atoms with E-state index >= 15 is 0 Å². The molecule has 1 heterocycles. The van der Waals surface area contributed by atoms with E-state index < -0.39 is 11.9 Å². The van der Waals surface area contributed by atoms with Crippen molar-refractivity contribution in [2.24, 2.45) is 0 Å². The van der Waals surface area contributed by atoms with Crippen molar-refractivity contribution in [3.63, 3.8) is 0 Å². The number of carbonyl (C=O) groups is 2. The van der Waals surface area contributed by atoms with Gasteiger partial charge in [-0.2, -0.15) is 0 Å². The number of carbonyl (C=O) groups excluding carboxylic acids is 1. The van der Waals surface area contributed by atoms with Crippen molar-refractivity contribution in [2.75, 3.05) is 11.1 Å². The lowest BCUT2D eigenvalue weighted by atomic mass is 10.2. The maximum atomic E-state index is 11.9. The number of amides is 1. The van der Waals surface area contributed by atoms with E-state index in [1.54, 1.807) is 6.07 Å². The molecule has 0 fully saturated rings. The third-order valence-electron chi connectivity index (χ3n) is 2.22. The Hall–Kier alpha value is -1.93. The lowest BCUT2D eigenvalue weighted by Crippen LogP contribution is -2.13. The van der Waals surface area contributed by atoms with Gasteiger partial charge in [-0.3, -0.25) is 4.79 Å². The van der Waals surface area contributed by atoms with Gasteiger partial charge < -0.3 is 16.2 Å². The molecule has 98 valence electrons. The van der Waals surface area contributed by atoms with Crippen LogP contribution in [0.1, 0.15) is 20.8 Å². The van der Waals surface area contributed by atoms with Crippen LogP contribution in [0.15, 0.2) is 28.1 Å². The number of nitrogen functional groups attached to an aromatic ring is 1. The average Bonchev–Trinajstić information content (AvgIpc) is 2.78. The third-order valence-corrected chi connectivity index (χ3v) is 3.58. The van der Waals surface area contributed by atoms with E-state index in [0.717, 1.165) is 11.3 Å². The molecular weight excluding hydrogens is 334 g/mol. The number of halogens is 1. The number of thiazole rings is 1. The lowest BCUT2D eigenvalue weighted by molar-refractivity contribution is 0.0696. The largest absolute Gasteiger partial charge is 0.478 e. The van der Waals surface area contributed by atoms with Crippen LogP contribution < -0.4 is 11.1 Å². The smallest absolute Gasteiger partial charge is 0.335 e. The Balaban J connectivity index is 2.25. The Morgan fingerprint density at radius 1 is 1.42 bits per heavy atom. The molecule has 0 spiro atoms. The Labute approximate surface area is 120 Å². The molecule has 0 unspecified atom stereocenters. The second-order valence-electron chi connectivity index (χ2n) is 3.52. The van der Waals surface area contributed by atoms with Crippen molar-refractivity contribution in [1.82, 2.24) is 4.98 Å². The second-order valence-corrected chi connectivity index (χ2v) is 5.27. The number of carboxylic acids is 1. The van der Waals surface area contributed by atoms with Crippen molar-refractivity contribution in [3.8, 4) is 0 Å². The minimum absolute atomic E-state index is 0.0799. The zero-order valence-electron chi connectivity index (χ0n) is 9.38. The van der Waals surface area contributed by atoms with E-state index in [4.69, 9.17) is 10.8 Å². The van der Waals surface area contributed by atoms with E-state index in [9.17, 15) is 9.59 Å². The van der Waals surface area contributed by atoms with Crippen molar-refractivity contribution in [2.45, 2.75) is 0 Å². The lowest BCUT2D eigenvalue weighted by Gasteiger charge is -2.07. The summed E-state index contributed by atoms with van der Waals surface area (Å²) in [6, 6.07) is 4.34. The van der Waals surface area contributed by atoms with Crippen LogP contribution in [0.4, 0.5) is 10.8 Å². The molecule has 4 N–H and O–H groups in total. The maximum Gasteiger partial charge on any atom is 0.335 e. The summed E-state index contributed by atoms with van der Waals surface area (Å²) in [5.41, 5.74) is 6.07. The number of hydrogen-bond acceptors (Lipinski definition) is 5. The molecule has 0 atom stereocenters. The number of anilines is 2. The fourth-order valence-electron chi connectivity index (χ4n) is 1.33. The Morgan fingerprint density at radius 2 is 2.16 bits per heavy atom. The highest BCUT2D eigenvalue weighted by atomic mass is 79.9. The van der Waals surface area contributed by atoms with Crippen LogP contribution in [0.5, 0.6) is 0 Å². The molecule has 2 aromatic rings. The third kappa shape index (κ3) is 3.09. The van der Waals surface area contributed by atoms with E-state index in [-0.39, 0.29) is 11.3 Å². The summed E-state index contributed by atoms with van der Waals surface area (Å²) < 4.78 is 0.578. The van der Waals surface area contributed by atoms with E-state index in [1.807, 2.05) is 0 Å². The van der Waals surface area contributed by atoms with Crippen molar-refractivity contribution < 1.29 is 14.7 Å². The van der Waals surface area contributed by atoms with Gasteiger partial charge in [0.1, 0.15) is 5.69 Å². The highest BCUT2D eigenvalue weighted by molar-refractivity contribution is 9.10. The molecule has 1 amide bonds. The van der Waals surface area contributed by atoms with Crippen LogP contribution in [0.3, 0.4) is 0 Å². The minimum atomic E-state index is -1.07. The van der Waals surface area contributed by atoms with Crippen LogP contribution in [-0.2, 0) is 0 Å². The molecular formula is C11H8BrN3O3S.